The minimum Gasteiger partial charge on any atom is -0.454 e. The van der Waals surface area contributed by atoms with Crippen LogP contribution in [0.2, 0.25) is 5.02 Å². The largest absolute Gasteiger partial charge is 0.454 e. The molecule has 0 saturated carbocycles. The molecule has 0 heterocycles. The minimum absolute atomic E-state index is 0.0245. The number of halogens is 1. The first-order valence-corrected chi connectivity index (χ1v) is 8.90. The van der Waals surface area contributed by atoms with Crippen molar-refractivity contribution in [1.29, 1.82) is 5.26 Å². The molecular formula is C19H19ClN2O2S. The highest BCUT2D eigenvalue weighted by Gasteiger charge is 2.16. The number of nitriles is 1. The predicted octanol–water partition coefficient (Wildman–Crippen LogP) is 4.54. The van der Waals surface area contributed by atoms with Crippen LogP contribution in [-0.4, -0.2) is 26.1 Å². The topological polar surface area (TPSA) is 62.1 Å². The molecule has 2 aromatic carbocycles. The van der Waals surface area contributed by atoms with E-state index in [4.69, 9.17) is 21.6 Å². The third-order valence-corrected chi connectivity index (χ3v) is 3.94. The van der Waals surface area contributed by atoms with Crippen molar-refractivity contribution in [1.82, 2.24) is 5.32 Å². The Balaban J connectivity index is 0.000000970. The van der Waals surface area contributed by atoms with Gasteiger partial charge in [0, 0.05) is 10.5 Å². The van der Waals surface area contributed by atoms with Crippen molar-refractivity contribution >= 4 is 29.1 Å². The fourth-order valence-electron chi connectivity index (χ4n) is 1.74. The lowest BCUT2D eigenvalue weighted by Crippen LogP contribution is -2.09. The van der Waals surface area contributed by atoms with E-state index in [1.165, 1.54) is 0 Å². The Morgan fingerprint density at radius 1 is 1.24 bits per heavy atom. The molecule has 0 amide bonds. The highest BCUT2D eigenvalue weighted by atomic mass is 35.5. The Labute approximate surface area is 157 Å². The zero-order valence-corrected chi connectivity index (χ0v) is 15.9. The minimum atomic E-state index is -0.373. The molecule has 0 unspecified atom stereocenters. The standard InChI is InChI=1S/C17H12ClNO2S.C2H7N/c1-11(21-13-5-3-12(10-19)4-6-13)17(20)15-8-7-14(22-2)9-16(15)18;1-3-2/h3-9H,1H2,2H3;3H,1-2H3. The van der Waals surface area contributed by atoms with Gasteiger partial charge < -0.3 is 10.1 Å². The molecule has 0 spiro atoms. The molecule has 0 saturated heterocycles. The molecule has 25 heavy (non-hydrogen) atoms. The Bertz CT molecular complexity index is 783. The molecule has 2 rings (SSSR count). The first-order chi connectivity index (χ1) is 12.0. The summed E-state index contributed by atoms with van der Waals surface area (Å²) >= 11 is 7.66. The molecule has 0 fully saturated rings. The lowest BCUT2D eigenvalue weighted by molar-refractivity contribution is 0.0987. The number of benzene rings is 2. The lowest BCUT2D eigenvalue weighted by atomic mass is 10.1. The van der Waals surface area contributed by atoms with Crippen LogP contribution in [-0.2, 0) is 0 Å². The van der Waals surface area contributed by atoms with Crippen molar-refractivity contribution in [3.63, 3.8) is 0 Å². The summed E-state index contributed by atoms with van der Waals surface area (Å²) < 4.78 is 5.42. The average molecular weight is 375 g/mol. The summed E-state index contributed by atoms with van der Waals surface area (Å²) in [6.45, 7) is 3.65. The number of allylic oxidation sites excluding steroid dienone is 1. The van der Waals surface area contributed by atoms with Gasteiger partial charge in [-0.3, -0.25) is 4.79 Å². The number of ketones is 1. The summed E-state index contributed by atoms with van der Waals surface area (Å²) in [7, 11) is 3.75. The van der Waals surface area contributed by atoms with Gasteiger partial charge in [-0.15, -0.1) is 11.8 Å². The molecule has 0 atom stereocenters. The molecule has 2 aromatic rings. The van der Waals surface area contributed by atoms with E-state index in [0.717, 1.165) is 4.90 Å². The zero-order valence-electron chi connectivity index (χ0n) is 14.3. The average Bonchev–Trinajstić information content (AvgIpc) is 2.62. The van der Waals surface area contributed by atoms with Gasteiger partial charge in [-0.1, -0.05) is 18.2 Å². The van der Waals surface area contributed by atoms with E-state index in [9.17, 15) is 4.79 Å². The van der Waals surface area contributed by atoms with Gasteiger partial charge in [0.25, 0.3) is 0 Å². The quantitative estimate of drug-likeness (QED) is 0.360. The Morgan fingerprint density at radius 3 is 2.32 bits per heavy atom. The van der Waals surface area contributed by atoms with Gasteiger partial charge >= 0.3 is 0 Å². The van der Waals surface area contributed by atoms with Gasteiger partial charge in [0.05, 0.1) is 16.7 Å². The van der Waals surface area contributed by atoms with Crippen molar-refractivity contribution < 1.29 is 9.53 Å². The van der Waals surface area contributed by atoms with E-state index in [-0.39, 0.29) is 11.5 Å². The highest BCUT2D eigenvalue weighted by Crippen LogP contribution is 2.26. The van der Waals surface area contributed by atoms with Gasteiger partial charge in [0.2, 0.25) is 5.78 Å². The molecule has 1 N–H and O–H groups in total. The number of thioether (sulfide) groups is 1. The molecule has 130 valence electrons. The van der Waals surface area contributed by atoms with Crippen LogP contribution >= 0.6 is 23.4 Å². The first-order valence-electron chi connectivity index (χ1n) is 7.30. The van der Waals surface area contributed by atoms with Gasteiger partial charge in [-0.25, -0.2) is 0 Å². The number of rotatable bonds is 5. The number of nitrogens with zero attached hydrogens (tertiary/aromatic N) is 1. The Hall–Kier alpha value is -2.26. The van der Waals surface area contributed by atoms with Gasteiger partial charge in [0.1, 0.15) is 5.75 Å². The summed E-state index contributed by atoms with van der Waals surface area (Å²) in [6.07, 6.45) is 1.93. The van der Waals surface area contributed by atoms with Crippen LogP contribution < -0.4 is 10.1 Å². The van der Waals surface area contributed by atoms with E-state index in [0.29, 0.717) is 21.9 Å². The van der Waals surface area contributed by atoms with Gasteiger partial charge in [-0.2, -0.15) is 5.26 Å². The van der Waals surface area contributed by atoms with Gasteiger partial charge in [0.15, 0.2) is 5.76 Å². The second kappa shape index (κ2) is 10.6. The van der Waals surface area contributed by atoms with E-state index in [1.54, 1.807) is 48.2 Å². The van der Waals surface area contributed by atoms with Crippen LogP contribution in [0.5, 0.6) is 5.75 Å². The van der Waals surface area contributed by atoms with Crippen molar-refractivity contribution in [2.24, 2.45) is 0 Å². The summed E-state index contributed by atoms with van der Waals surface area (Å²) in [6, 6.07) is 13.6. The van der Waals surface area contributed by atoms with Crippen molar-refractivity contribution in [3.8, 4) is 11.8 Å². The number of carbonyl (C=O) groups is 1. The zero-order chi connectivity index (χ0) is 18.8. The van der Waals surface area contributed by atoms with E-state index in [1.807, 2.05) is 32.5 Å². The molecule has 4 nitrogen and oxygen atoms in total. The number of Topliss-reactive ketones (excluding diaryl/α,β-unsaturated/α-hetero) is 1. The second-order valence-electron chi connectivity index (χ2n) is 4.84. The molecule has 0 radical (unpaired) electrons. The molecule has 0 aromatic heterocycles. The van der Waals surface area contributed by atoms with E-state index < -0.39 is 0 Å². The number of nitrogens with one attached hydrogen (secondary N) is 1. The van der Waals surface area contributed by atoms with E-state index >= 15 is 0 Å². The maximum absolute atomic E-state index is 12.3. The maximum atomic E-state index is 12.3. The maximum Gasteiger partial charge on any atom is 0.229 e. The number of hydrogen-bond donors (Lipinski definition) is 1. The van der Waals surface area contributed by atoms with Gasteiger partial charge in [-0.05, 0) is 62.8 Å². The van der Waals surface area contributed by atoms with Crippen LogP contribution in [0.3, 0.4) is 0 Å². The third-order valence-electron chi connectivity index (χ3n) is 2.90. The molecule has 0 aliphatic carbocycles. The van der Waals surface area contributed by atoms with Crippen LogP contribution in [0, 0.1) is 11.3 Å². The second-order valence-corrected chi connectivity index (χ2v) is 6.12. The van der Waals surface area contributed by atoms with Crippen LogP contribution in [0.1, 0.15) is 15.9 Å². The lowest BCUT2D eigenvalue weighted by Gasteiger charge is -2.09. The number of ether oxygens (including phenoxy) is 1. The smallest absolute Gasteiger partial charge is 0.229 e. The van der Waals surface area contributed by atoms with Crippen LogP contribution in [0.25, 0.3) is 0 Å². The normalized spacial score (nSPS) is 9.40. The number of hydrogen-bond acceptors (Lipinski definition) is 5. The molecule has 6 heteroatoms. The fourth-order valence-corrected chi connectivity index (χ4v) is 2.51. The SMILES string of the molecule is C=C(Oc1ccc(C#N)cc1)C(=O)c1ccc(SC)cc1Cl.CNC. The van der Waals surface area contributed by atoms with Crippen molar-refractivity contribution in [3.05, 3.63) is 71.0 Å². The molecule has 0 aliphatic rings. The predicted molar refractivity (Wildman–Crippen MR) is 103 cm³/mol. The third kappa shape index (κ3) is 6.28. The highest BCUT2D eigenvalue weighted by molar-refractivity contribution is 7.98. The van der Waals surface area contributed by atoms with Crippen LogP contribution in [0.4, 0.5) is 0 Å². The molecule has 0 bridgehead atoms. The summed E-state index contributed by atoms with van der Waals surface area (Å²) in [5, 5.41) is 11.9. The monoisotopic (exact) mass is 374 g/mol. The first kappa shape index (κ1) is 20.8. The molecule has 0 aliphatic heterocycles. The van der Waals surface area contributed by atoms with Crippen molar-refractivity contribution in [2.45, 2.75) is 4.90 Å². The Kier molecular flexibility index (Phi) is 8.79. The fraction of sp³-hybridized carbons (Fsp3) is 0.158. The molecular weight excluding hydrogens is 356 g/mol. The van der Waals surface area contributed by atoms with E-state index in [2.05, 4.69) is 11.9 Å². The Morgan fingerprint density at radius 2 is 1.84 bits per heavy atom. The summed E-state index contributed by atoms with van der Waals surface area (Å²) in [4.78, 5) is 13.3. The van der Waals surface area contributed by atoms with Crippen LogP contribution in [0.15, 0.2) is 59.7 Å². The summed E-state index contributed by atoms with van der Waals surface area (Å²) in [5.41, 5.74) is 0.859. The number of carbonyl (C=O) groups excluding carboxylic acids is 1. The summed E-state index contributed by atoms with van der Waals surface area (Å²) in [5.74, 6) is 0.0414. The van der Waals surface area contributed by atoms with Crippen molar-refractivity contribution in [2.75, 3.05) is 20.4 Å².